The van der Waals surface area contributed by atoms with Gasteiger partial charge in [-0.2, -0.15) is 0 Å². The van der Waals surface area contributed by atoms with Gasteiger partial charge in [-0.25, -0.2) is 4.98 Å². The second kappa shape index (κ2) is 8.57. The van der Waals surface area contributed by atoms with Crippen LogP contribution in [0.1, 0.15) is 20.2 Å². The van der Waals surface area contributed by atoms with Crippen molar-refractivity contribution in [1.82, 2.24) is 15.3 Å². The van der Waals surface area contributed by atoms with Crippen LogP contribution >= 0.6 is 22.7 Å². The fraction of sp³-hybridized carbons (Fsp3) is 0.125. The minimum absolute atomic E-state index is 0.256. The van der Waals surface area contributed by atoms with Gasteiger partial charge in [-0.3, -0.25) is 9.59 Å². The summed E-state index contributed by atoms with van der Waals surface area (Å²) in [4.78, 5) is 34.3. The van der Waals surface area contributed by atoms with Gasteiger partial charge in [0.05, 0.1) is 20.1 Å². The Kier molecular flexibility index (Phi) is 5.46. The van der Waals surface area contributed by atoms with Gasteiger partial charge in [0, 0.05) is 29.2 Å². The number of thiazole rings is 1. The number of aromatic nitrogens is 2. The Morgan fingerprint density at radius 3 is 2.84 bits per heavy atom. The molecule has 0 spiro atoms. The Morgan fingerprint density at radius 1 is 1.12 bits per heavy atom. The summed E-state index contributed by atoms with van der Waals surface area (Å²) < 4.78 is 1.01. The van der Waals surface area contributed by atoms with E-state index in [4.69, 9.17) is 0 Å². The topological polar surface area (TPSA) is 86.9 Å². The summed E-state index contributed by atoms with van der Waals surface area (Å²) in [5.41, 5.74) is 3.56. The van der Waals surface area contributed by atoms with Crippen molar-refractivity contribution in [2.75, 3.05) is 5.32 Å². The number of H-pyrrole nitrogens is 1. The molecule has 160 valence electrons. The molecule has 2 aromatic carbocycles. The van der Waals surface area contributed by atoms with Gasteiger partial charge in [0.15, 0.2) is 0 Å². The fourth-order valence-electron chi connectivity index (χ4n) is 3.71. The van der Waals surface area contributed by atoms with Gasteiger partial charge >= 0.3 is 0 Å². The molecule has 3 N–H and O–H groups in total. The maximum Gasteiger partial charge on any atom is 0.262 e. The first-order valence-corrected chi connectivity index (χ1v) is 11.8. The summed E-state index contributed by atoms with van der Waals surface area (Å²) in [5.74, 6) is -0.519. The monoisotopic (exact) mass is 460 g/mol. The number of carbonyl (C=O) groups is 2. The van der Waals surface area contributed by atoms with Gasteiger partial charge in [-0.1, -0.05) is 24.3 Å². The lowest BCUT2D eigenvalue weighted by Crippen LogP contribution is -2.45. The highest BCUT2D eigenvalue weighted by Crippen LogP contribution is 2.25. The van der Waals surface area contributed by atoms with Crippen molar-refractivity contribution in [3.63, 3.8) is 0 Å². The molecule has 0 saturated carbocycles. The Labute approximate surface area is 192 Å². The molecular formula is C24H20N4O2S2. The number of aromatic amines is 1. The molecule has 6 nitrogen and oxygen atoms in total. The van der Waals surface area contributed by atoms with Crippen molar-refractivity contribution in [2.24, 2.45) is 0 Å². The molecular weight excluding hydrogens is 440 g/mol. The number of hydrogen-bond acceptors (Lipinski definition) is 5. The maximum absolute atomic E-state index is 13.3. The van der Waals surface area contributed by atoms with E-state index in [1.54, 1.807) is 17.4 Å². The molecule has 2 amide bonds. The average molecular weight is 461 g/mol. The zero-order valence-corrected chi connectivity index (χ0v) is 18.8. The van der Waals surface area contributed by atoms with E-state index in [-0.39, 0.29) is 11.8 Å². The summed E-state index contributed by atoms with van der Waals surface area (Å²) in [5, 5.41) is 9.75. The van der Waals surface area contributed by atoms with Crippen molar-refractivity contribution < 1.29 is 9.59 Å². The molecule has 0 bridgehead atoms. The van der Waals surface area contributed by atoms with E-state index >= 15 is 0 Å². The average Bonchev–Trinajstić information content (AvgIpc) is 3.52. The van der Waals surface area contributed by atoms with Crippen LogP contribution in [0.15, 0.2) is 66.2 Å². The Hall–Kier alpha value is -3.49. The van der Waals surface area contributed by atoms with E-state index < -0.39 is 6.04 Å². The summed E-state index contributed by atoms with van der Waals surface area (Å²) >= 11 is 2.93. The summed E-state index contributed by atoms with van der Waals surface area (Å²) in [7, 11) is 0. The third-order valence-electron chi connectivity index (χ3n) is 5.23. The van der Waals surface area contributed by atoms with Crippen LogP contribution in [0.3, 0.4) is 0 Å². The molecule has 5 aromatic rings. The lowest BCUT2D eigenvalue weighted by atomic mass is 10.0. The molecule has 5 rings (SSSR count). The van der Waals surface area contributed by atoms with E-state index in [9.17, 15) is 9.59 Å². The highest BCUT2D eigenvalue weighted by Gasteiger charge is 2.24. The lowest BCUT2D eigenvalue weighted by molar-refractivity contribution is -0.118. The molecule has 0 aliphatic heterocycles. The number of anilines is 1. The molecule has 1 atom stereocenters. The Balaban J connectivity index is 1.41. The zero-order valence-electron chi connectivity index (χ0n) is 17.2. The number of para-hydroxylation sites is 1. The minimum atomic E-state index is -0.734. The van der Waals surface area contributed by atoms with Crippen LogP contribution in [0.5, 0.6) is 0 Å². The molecule has 0 radical (unpaired) electrons. The first kappa shape index (κ1) is 20.4. The van der Waals surface area contributed by atoms with Crippen LogP contribution in [0, 0.1) is 6.92 Å². The molecule has 8 heteroatoms. The number of aryl methyl sites for hydroxylation is 1. The number of rotatable bonds is 6. The number of nitrogens with one attached hydrogen (secondary N) is 3. The minimum Gasteiger partial charge on any atom is -0.361 e. The quantitative estimate of drug-likeness (QED) is 0.328. The Bertz CT molecular complexity index is 1420. The smallest absolute Gasteiger partial charge is 0.262 e. The second-order valence-electron chi connectivity index (χ2n) is 7.47. The maximum atomic E-state index is 13.3. The SMILES string of the molecule is Cc1nc2ccc(NC(=O)[C@H](Cc3c[nH]c4ccccc34)NC(=O)c3cccs3)cc2s1. The predicted octanol–water partition coefficient (Wildman–Crippen LogP) is 5.13. The number of carbonyl (C=O) groups excluding carboxylic acids is 2. The van der Waals surface area contributed by atoms with E-state index in [0.29, 0.717) is 17.0 Å². The van der Waals surface area contributed by atoms with Crippen LogP contribution in [-0.2, 0) is 11.2 Å². The zero-order chi connectivity index (χ0) is 22.1. The first-order chi connectivity index (χ1) is 15.6. The van der Waals surface area contributed by atoms with Crippen LogP contribution in [-0.4, -0.2) is 27.8 Å². The van der Waals surface area contributed by atoms with Crippen LogP contribution in [0.4, 0.5) is 5.69 Å². The molecule has 3 aromatic heterocycles. The number of fused-ring (bicyclic) bond motifs is 2. The van der Waals surface area contributed by atoms with Gasteiger partial charge in [-0.15, -0.1) is 22.7 Å². The summed E-state index contributed by atoms with van der Waals surface area (Å²) in [6.45, 7) is 1.96. The number of amides is 2. The van der Waals surface area contributed by atoms with Crippen molar-refractivity contribution in [2.45, 2.75) is 19.4 Å². The number of hydrogen-bond donors (Lipinski definition) is 3. The normalized spacial score (nSPS) is 12.2. The molecule has 0 saturated heterocycles. The van der Waals surface area contributed by atoms with Gasteiger partial charge in [-0.05, 0) is 48.2 Å². The van der Waals surface area contributed by atoms with E-state index in [1.165, 1.54) is 11.3 Å². The lowest BCUT2D eigenvalue weighted by Gasteiger charge is -2.18. The molecule has 3 heterocycles. The van der Waals surface area contributed by atoms with Crippen molar-refractivity contribution in [1.29, 1.82) is 0 Å². The third-order valence-corrected chi connectivity index (χ3v) is 7.03. The second-order valence-corrected chi connectivity index (χ2v) is 9.65. The molecule has 32 heavy (non-hydrogen) atoms. The molecule has 0 aliphatic carbocycles. The van der Waals surface area contributed by atoms with E-state index in [0.717, 1.165) is 31.7 Å². The number of nitrogens with zero attached hydrogens (tertiary/aromatic N) is 1. The van der Waals surface area contributed by atoms with Crippen LogP contribution in [0.25, 0.3) is 21.1 Å². The van der Waals surface area contributed by atoms with E-state index in [2.05, 4.69) is 20.6 Å². The van der Waals surface area contributed by atoms with Gasteiger partial charge in [0.1, 0.15) is 6.04 Å². The molecule has 0 unspecified atom stereocenters. The largest absolute Gasteiger partial charge is 0.361 e. The van der Waals surface area contributed by atoms with Crippen molar-refractivity contribution in [3.8, 4) is 0 Å². The van der Waals surface area contributed by atoms with Crippen LogP contribution in [0.2, 0.25) is 0 Å². The number of benzene rings is 2. The standard InChI is InChI=1S/C24H20N4O2S2/c1-14-26-19-9-8-16(12-22(19)32-14)27-23(29)20(28-24(30)21-7-4-10-31-21)11-15-13-25-18-6-3-2-5-17(15)18/h2-10,12-13,20,25H,11H2,1H3,(H,27,29)(H,28,30)/t20-/m0/s1. The molecule has 0 aliphatic rings. The number of thiophene rings is 1. The Morgan fingerprint density at radius 2 is 2.00 bits per heavy atom. The van der Waals surface area contributed by atoms with E-state index in [1.807, 2.05) is 67.0 Å². The summed E-state index contributed by atoms with van der Waals surface area (Å²) in [6.07, 6.45) is 2.27. The van der Waals surface area contributed by atoms with Gasteiger partial charge < -0.3 is 15.6 Å². The van der Waals surface area contributed by atoms with Gasteiger partial charge in [0.2, 0.25) is 5.91 Å². The third kappa shape index (κ3) is 4.15. The van der Waals surface area contributed by atoms with Crippen molar-refractivity contribution in [3.05, 3.63) is 81.6 Å². The summed E-state index contributed by atoms with van der Waals surface area (Å²) in [6, 6.07) is 16.4. The van der Waals surface area contributed by atoms with Gasteiger partial charge in [0.25, 0.3) is 5.91 Å². The van der Waals surface area contributed by atoms with Crippen molar-refractivity contribution >= 4 is 61.3 Å². The molecule has 0 fully saturated rings. The first-order valence-electron chi connectivity index (χ1n) is 10.1. The predicted molar refractivity (Wildman–Crippen MR) is 131 cm³/mol. The van der Waals surface area contributed by atoms with Crippen LogP contribution < -0.4 is 10.6 Å². The highest BCUT2D eigenvalue weighted by molar-refractivity contribution is 7.18. The fourth-order valence-corrected chi connectivity index (χ4v) is 5.21. The highest BCUT2D eigenvalue weighted by atomic mass is 32.1.